The Bertz CT molecular complexity index is 335. The van der Waals surface area contributed by atoms with E-state index in [1.165, 1.54) is 0 Å². The van der Waals surface area contributed by atoms with E-state index in [9.17, 15) is 5.11 Å². The van der Waals surface area contributed by atoms with Crippen molar-refractivity contribution >= 4 is 5.69 Å². The highest BCUT2D eigenvalue weighted by Crippen LogP contribution is 2.18. The maximum atomic E-state index is 9.37. The van der Waals surface area contributed by atoms with Gasteiger partial charge in [0.2, 0.25) is 0 Å². The Morgan fingerprint density at radius 3 is 2.40 bits per heavy atom. The van der Waals surface area contributed by atoms with Gasteiger partial charge >= 0.3 is 0 Å². The number of hydrogen-bond acceptors (Lipinski definition) is 2. The van der Waals surface area contributed by atoms with Crippen LogP contribution in [0.5, 0.6) is 0 Å². The second-order valence-electron chi connectivity index (χ2n) is 3.49. The molecule has 1 atom stereocenters. The van der Waals surface area contributed by atoms with Gasteiger partial charge in [0, 0.05) is 12.2 Å². The standard InChI is InChI=1S/C13H17NO/c1-4-10-14(5-2)13-8-6-12(7-9-13)11(3)15/h1,6-9,11,15H,5,10H2,2-3H3. The molecule has 0 aliphatic rings. The molecule has 80 valence electrons. The second kappa shape index (κ2) is 5.43. The number of hydrogen-bond donors (Lipinski definition) is 1. The molecular formula is C13H17NO. The normalized spacial score (nSPS) is 11.9. The van der Waals surface area contributed by atoms with E-state index >= 15 is 0 Å². The molecule has 1 aromatic carbocycles. The van der Waals surface area contributed by atoms with Crippen molar-refractivity contribution in [2.24, 2.45) is 0 Å². The van der Waals surface area contributed by atoms with Crippen molar-refractivity contribution in [2.45, 2.75) is 20.0 Å². The summed E-state index contributed by atoms with van der Waals surface area (Å²) >= 11 is 0. The van der Waals surface area contributed by atoms with E-state index in [1.807, 2.05) is 24.3 Å². The van der Waals surface area contributed by atoms with Crippen LogP contribution in [0.2, 0.25) is 0 Å². The maximum Gasteiger partial charge on any atom is 0.0791 e. The maximum absolute atomic E-state index is 9.37. The first-order chi connectivity index (χ1) is 7.19. The molecule has 1 rings (SSSR count). The predicted molar refractivity (Wildman–Crippen MR) is 63.8 cm³/mol. The van der Waals surface area contributed by atoms with Crippen molar-refractivity contribution < 1.29 is 5.11 Å². The van der Waals surface area contributed by atoms with E-state index in [0.29, 0.717) is 6.54 Å². The molecule has 2 heteroatoms. The van der Waals surface area contributed by atoms with Crippen LogP contribution in [0.3, 0.4) is 0 Å². The Hall–Kier alpha value is -1.46. The molecule has 0 radical (unpaired) electrons. The third-order valence-electron chi connectivity index (χ3n) is 2.40. The van der Waals surface area contributed by atoms with Gasteiger partial charge < -0.3 is 10.0 Å². The summed E-state index contributed by atoms with van der Waals surface area (Å²) in [7, 11) is 0. The summed E-state index contributed by atoms with van der Waals surface area (Å²) in [6, 6.07) is 7.84. The summed E-state index contributed by atoms with van der Waals surface area (Å²) in [6.45, 7) is 5.33. The van der Waals surface area contributed by atoms with Crippen molar-refractivity contribution in [1.29, 1.82) is 0 Å². The third kappa shape index (κ3) is 3.00. The Morgan fingerprint density at radius 2 is 2.00 bits per heavy atom. The van der Waals surface area contributed by atoms with E-state index in [1.54, 1.807) is 6.92 Å². The van der Waals surface area contributed by atoms with Gasteiger partial charge in [0.15, 0.2) is 0 Å². The average molecular weight is 203 g/mol. The van der Waals surface area contributed by atoms with Gasteiger partial charge in [-0.1, -0.05) is 18.1 Å². The molecule has 15 heavy (non-hydrogen) atoms. The Kier molecular flexibility index (Phi) is 4.20. The van der Waals surface area contributed by atoms with Gasteiger partial charge in [0.1, 0.15) is 0 Å². The first-order valence-corrected chi connectivity index (χ1v) is 5.15. The van der Waals surface area contributed by atoms with Crippen LogP contribution in [-0.2, 0) is 0 Å². The number of nitrogens with zero attached hydrogens (tertiary/aromatic N) is 1. The molecule has 0 amide bonds. The zero-order valence-corrected chi connectivity index (χ0v) is 9.27. The lowest BCUT2D eigenvalue weighted by Gasteiger charge is -2.20. The molecule has 0 aliphatic carbocycles. The summed E-state index contributed by atoms with van der Waals surface area (Å²) in [4.78, 5) is 2.10. The highest BCUT2D eigenvalue weighted by molar-refractivity contribution is 5.48. The monoisotopic (exact) mass is 203 g/mol. The van der Waals surface area contributed by atoms with Crippen molar-refractivity contribution in [3.63, 3.8) is 0 Å². The lowest BCUT2D eigenvalue weighted by atomic mass is 10.1. The molecule has 1 aromatic rings. The number of terminal acetylenes is 1. The van der Waals surface area contributed by atoms with Crippen LogP contribution in [0.4, 0.5) is 5.69 Å². The first-order valence-electron chi connectivity index (χ1n) is 5.15. The first kappa shape index (κ1) is 11.6. The molecule has 0 aliphatic heterocycles. The van der Waals surface area contributed by atoms with Gasteiger partial charge in [0.05, 0.1) is 12.6 Å². The Labute approximate surface area is 91.5 Å². The minimum absolute atomic E-state index is 0.415. The Balaban J connectivity index is 2.83. The van der Waals surface area contributed by atoms with Crippen LogP contribution in [0.1, 0.15) is 25.5 Å². The fraction of sp³-hybridized carbons (Fsp3) is 0.385. The van der Waals surface area contributed by atoms with Gasteiger partial charge in [-0.15, -0.1) is 6.42 Å². The average Bonchev–Trinajstić information content (AvgIpc) is 2.26. The lowest BCUT2D eigenvalue weighted by Crippen LogP contribution is -2.22. The highest BCUT2D eigenvalue weighted by Gasteiger charge is 2.04. The van der Waals surface area contributed by atoms with E-state index in [0.717, 1.165) is 17.8 Å². The quantitative estimate of drug-likeness (QED) is 0.758. The molecule has 1 N–H and O–H groups in total. The van der Waals surface area contributed by atoms with Crippen molar-refractivity contribution in [3.05, 3.63) is 29.8 Å². The summed E-state index contributed by atoms with van der Waals surface area (Å²) in [6.07, 6.45) is 4.87. The van der Waals surface area contributed by atoms with Gasteiger partial charge in [-0.25, -0.2) is 0 Å². The zero-order valence-electron chi connectivity index (χ0n) is 9.27. The fourth-order valence-electron chi connectivity index (χ4n) is 1.46. The minimum Gasteiger partial charge on any atom is -0.389 e. The van der Waals surface area contributed by atoms with Gasteiger partial charge in [-0.05, 0) is 31.5 Å². The Morgan fingerprint density at radius 1 is 1.40 bits per heavy atom. The van der Waals surface area contributed by atoms with E-state index in [2.05, 4.69) is 17.7 Å². The van der Waals surface area contributed by atoms with Gasteiger partial charge in [0.25, 0.3) is 0 Å². The van der Waals surface area contributed by atoms with Crippen molar-refractivity contribution in [2.75, 3.05) is 18.0 Å². The van der Waals surface area contributed by atoms with E-state index in [4.69, 9.17) is 6.42 Å². The van der Waals surface area contributed by atoms with Crippen LogP contribution in [0.25, 0.3) is 0 Å². The van der Waals surface area contributed by atoms with E-state index < -0.39 is 6.10 Å². The van der Waals surface area contributed by atoms with Gasteiger partial charge in [-0.3, -0.25) is 0 Å². The van der Waals surface area contributed by atoms with Crippen LogP contribution in [0, 0.1) is 12.3 Å². The molecule has 0 saturated carbocycles. The molecule has 0 saturated heterocycles. The molecule has 0 fully saturated rings. The summed E-state index contributed by atoms with van der Waals surface area (Å²) < 4.78 is 0. The summed E-state index contributed by atoms with van der Waals surface area (Å²) in [5.74, 6) is 2.63. The molecule has 2 nitrogen and oxygen atoms in total. The minimum atomic E-state index is -0.415. The number of anilines is 1. The van der Waals surface area contributed by atoms with Crippen LogP contribution < -0.4 is 4.90 Å². The molecule has 0 aromatic heterocycles. The molecular weight excluding hydrogens is 186 g/mol. The molecule has 0 bridgehead atoms. The summed E-state index contributed by atoms with van der Waals surface area (Å²) in [5, 5.41) is 9.37. The third-order valence-corrected chi connectivity index (χ3v) is 2.40. The smallest absolute Gasteiger partial charge is 0.0791 e. The van der Waals surface area contributed by atoms with Crippen molar-refractivity contribution in [3.8, 4) is 12.3 Å². The number of aliphatic hydroxyl groups excluding tert-OH is 1. The number of rotatable bonds is 4. The van der Waals surface area contributed by atoms with Crippen LogP contribution in [0.15, 0.2) is 24.3 Å². The summed E-state index contributed by atoms with van der Waals surface area (Å²) in [5.41, 5.74) is 2.02. The highest BCUT2D eigenvalue weighted by atomic mass is 16.3. The van der Waals surface area contributed by atoms with Crippen LogP contribution in [-0.4, -0.2) is 18.2 Å². The molecule has 0 spiro atoms. The SMILES string of the molecule is C#CCN(CC)c1ccc(C(C)O)cc1. The van der Waals surface area contributed by atoms with E-state index in [-0.39, 0.29) is 0 Å². The fourth-order valence-corrected chi connectivity index (χ4v) is 1.46. The second-order valence-corrected chi connectivity index (χ2v) is 3.49. The predicted octanol–water partition coefficient (Wildman–Crippen LogP) is 2.20. The topological polar surface area (TPSA) is 23.5 Å². The van der Waals surface area contributed by atoms with Crippen molar-refractivity contribution in [1.82, 2.24) is 0 Å². The molecule has 1 unspecified atom stereocenters. The largest absolute Gasteiger partial charge is 0.389 e. The number of aliphatic hydroxyl groups is 1. The van der Waals surface area contributed by atoms with Crippen LogP contribution >= 0.6 is 0 Å². The molecule has 0 heterocycles. The zero-order chi connectivity index (χ0) is 11.3. The lowest BCUT2D eigenvalue weighted by molar-refractivity contribution is 0.199. The number of benzene rings is 1. The van der Waals surface area contributed by atoms with Gasteiger partial charge in [-0.2, -0.15) is 0 Å².